The van der Waals surface area contributed by atoms with E-state index in [9.17, 15) is 15.0 Å². The summed E-state index contributed by atoms with van der Waals surface area (Å²) >= 11 is 0. The molecule has 0 radical (unpaired) electrons. The van der Waals surface area contributed by atoms with Crippen LogP contribution in [0.1, 0.15) is 258 Å². The molecule has 4 heteroatoms. The topological polar surface area (TPSA) is 69.6 Å². The zero-order chi connectivity index (χ0) is 42.1. The summed E-state index contributed by atoms with van der Waals surface area (Å²) in [6.07, 6.45) is 69.4. The van der Waals surface area contributed by atoms with Crippen molar-refractivity contribution in [3.8, 4) is 0 Å². The minimum Gasteiger partial charge on any atom is -0.394 e. The molecule has 2 atom stereocenters. The first kappa shape index (κ1) is 56.1. The number of carbonyl (C=O) groups is 1. The van der Waals surface area contributed by atoms with Crippen LogP contribution in [-0.2, 0) is 4.79 Å². The highest BCUT2D eigenvalue weighted by Crippen LogP contribution is 2.16. The summed E-state index contributed by atoms with van der Waals surface area (Å²) in [5.41, 5.74) is 0. The molecule has 0 fully saturated rings. The summed E-state index contributed by atoms with van der Waals surface area (Å²) in [4.78, 5) is 12.4. The first-order valence-corrected chi connectivity index (χ1v) is 25.5. The number of carbonyl (C=O) groups excluding carboxylic acids is 1. The number of unbranched alkanes of at least 4 members (excludes halogenated alkanes) is 31. The van der Waals surface area contributed by atoms with Crippen LogP contribution in [0.25, 0.3) is 0 Å². The van der Waals surface area contributed by atoms with Crippen LogP contribution in [0.2, 0.25) is 0 Å². The third kappa shape index (κ3) is 45.2. The fourth-order valence-electron chi connectivity index (χ4n) is 7.54. The number of aliphatic hydroxyl groups is 2. The molecule has 0 aliphatic carbocycles. The molecule has 0 aromatic rings. The third-order valence-electron chi connectivity index (χ3n) is 11.5. The van der Waals surface area contributed by atoms with Gasteiger partial charge in [0.25, 0.3) is 0 Å². The van der Waals surface area contributed by atoms with Crippen LogP contribution < -0.4 is 5.32 Å². The van der Waals surface area contributed by atoms with Crippen molar-refractivity contribution in [3.63, 3.8) is 0 Å². The van der Waals surface area contributed by atoms with Gasteiger partial charge >= 0.3 is 0 Å². The predicted octanol–water partition coefficient (Wildman–Crippen LogP) is 16.5. The summed E-state index contributed by atoms with van der Waals surface area (Å²) in [7, 11) is 0. The largest absolute Gasteiger partial charge is 0.394 e. The van der Waals surface area contributed by atoms with E-state index in [-0.39, 0.29) is 12.5 Å². The van der Waals surface area contributed by atoms with Crippen LogP contribution in [0.5, 0.6) is 0 Å². The number of nitrogens with one attached hydrogen (secondary N) is 1. The van der Waals surface area contributed by atoms with Crippen molar-refractivity contribution in [3.05, 3.63) is 60.8 Å². The summed E-state index contributed by atoms with van der Waals surface area (Å²) in [6.45, 7) is 4.25. The number of hydrogen-bond acceptors (Lipinski definition) is 3. The summed E-state index contributed by atoms with van der Waals surface area (Å²) in [5, 5.41) is 23.0. The van der Waals surface area contributed by atoms with Crippen molar-refractivity contribution in [2.24, 2.45) is 0 Å². The lowest BCUT2D eigenvalue weighted by atomic mass is 10.0. The molecule has 0 aliphatic rings. The van der Waals surface area contributed by atoms with Crippen molar-refractivity contribution >= 4 is 5.91 Å². The summed E-state index contributed by atoms with van der Waals surface area (Å²) in [6, 6.07) is -0.644. The Balaban J connectivity index is 3.46. The minimum atomic E-state index is -0.869. The molecule has 0 bridgehead atoms. The lowest BCUT2D eigenvalue weighted by Crippen LogP contribution is -2.45. The Morgan fingerprint density at radius 3 is 1.14 bits per heavy atom. The second kappa shape index (κ2) is 49.5. The van der Waals surface area contributed by atoms with Gasteiger partial charge in [0.1, 0.15) is 0 Å². The molecule has 3 N–H and O–H groups in total. The SMILES string of the molecule is CCCCC/C=C/CC/C=C/CC/C=C/C(O)C(CO)NC(=O)CCCCCCCCCCCCCCCCCCCCCCC/C=C\C/C=C\CCCCCCC. The number of amides is 1. The number of rotatable bonds is 46. The molecule has 0 aromatic heterocycles. The molecule has 0 rings (SSSR count). The van der Waals surface area contributed by atoms with Gasteiger partial charge in [-0.25, -0.2) is 0 Å². The zero-order valence-electron chi connectivity index (χ0n) is 38.8. The molecule has 0 aliphatic heterocycles. The Morgan fingerprint density at radius 1 is 0.414 bits per heavy atom. The van der Waals surface area contributed by atoms with E-state index in [2.05, 4.69) is 67.8 Å². The molecule has 0 saturated heterocycles. The van der Waals surface area contributed by atoms with E-state index in [0.717, 1.165) is 44.9 Å². The Labute approximate surface area is 362 Å². The molecule has 0 heterocycles. The summed E-state index contributed by atoms with van der Waals surface area (Å²) < 4.78 is 0. The van der Waals surface area contributed by atoms with Gasteiger partial charge in [-0.3, -0.25) is 4.79 Å². The predicted molar refractivity (Wildman–Crippen MR) is 258 cm³/mol. The Morgan fingerprint density at radius 2 is 0.724 bits per heavy atom. The van der Waals surface area contributed by atoms with Crippen LogP contribution in [0.15, 0.2) is 60.8 Å². The maximum absolute atomic E-state index is 12.4. The molecule has 58 heavy (non-hydrogen) atoms. The quantitative estimate of drug-likeness (QED) is 0.0424. The van der Waals surface area contributed by atoms with E-state index in [1.165, 1.54) is 193 Å². The van der Waals surface area contributed by atoms with Gasteiger partial charge < -0.3 is 15.5 Å². The van der Waals surface area contributed by atoms with Gasteiger partial charge in [-0.1, -0.05) is 235 Å². The van der Waals surface area contributed by atoms with Crippen LogP contribution in [-0.4, -0.2) is 34.9 Å². The first-order valence-electron chi connectivity index (χ1n) is 25.5. The number of aliphatic hydroxyl groups excluding tert-OH is 2. The Hall–Kier alpha value is -1.91. The average Bonchev–Trinajstić information content (AvgIpc) is 3.23. The molecular formula is C54H99NO3. The van der Waals surface area contributed by atoms with Crippen LogP contribution in [0.3, 0.4) is 0 Å². The third-order valence-corrected chi connectivity index (χ3v) is 11.5. The normalized spacial score (nSPS) is 13.4. The van der Waals surface area contributed by atoms with Gasteiger partial charge in [-0.2, -0.15) is 0 Å². The van der Waals surface area contributed by atoms with Gasteiger partial charge in [0.05, 0.1) is 18.8 Å². The van der Waals surface area contributed by atoms with E-state index >= 15 is 0 Å². The van der Waals surface area contributed by atoms with Crippen LogP contribution >= 0.6 is 0 Å². The number of hydrogen-bond donors (Lipinski definition) is 3. The van der Waals surface area contributed by atoms with Crippen molar-refractivity contribution in [2.75, 3.05) is 6.61 Å². The van der Waals surface area contributed by atoms with E-state index in [1.54, 1.807) is 6.08 Å². The van der Waals surface area contributed by atoms with Crippen LogP contribution in [0, 0.1) is 0 Å². The number of allylic oxidation sites excluding steroid dienone is 9. The zero-order valence-corrected chi connectivity index (χ0v) is 38.8. The van der Waals surface area contributed by atoms with E-state index in [1.807, 2.05) is 6.08 Å². The summed E-state index contributed by atoms with van der Waals surface area (Å²) in [5.74, 6) is -0.0772. The minimum absolute atomic E-state index is 0.0772. The van der Waals surface area contributed by atoms with E-state index < -0.39 is 12.1 Å². The molecule has 0 spiro atoms. The van der Waals surface area contributed by atoms with Crippen molar-refractivity contribution < 1.29 is 15.0 Å². The van der Waals surface area contributed by atoms with E-state index in [4.69, 9.17) is 0 Å². The molecule has 2 unspecified atom stereocenters. The molecule has 0 saturated carbocycles. The standard InChI is InChI=1S/C54H99NO3/c1-3-5-7-9-11-13-15-17-18-19-20-21-22-23-24-25-26-27-28-29-30-31-32-33-34-35-36-38-40-42-44-46-48-50-54(58)55-52(51-56)53(57)49-47-45-43-41-39-37-16-14-12-10-8-6-4-2/h12,14-15,17,19-20,39,41,47,49,52-53,56-57H,3-11,13,16,18,21-38,40,42-46,48,50-51H2,1-2H3,(H,55,58)/b14-12+,17-15-,20-19-,41-39+,49-47+. The molecule has 4 nitrogen and oxygen atoms in total. The van der Waals surface area contributed by atoms with E-state index in [0.29, 0.717) is 6.42 Å². The van der Waals surface area contributed by atoms with Gasteiger partial charge in [-0.15, -0.1) is 0 Å². The molecule has 0 aromatic carbocycles. The maximum atomic E-state index is 12.4. The fraction of sp³-hybridized carbons (Fsp3) is 0.796. The van der Waals surface area contributed by atoms with Gasteiger partial charge in [0.2, 0.25) is 5.91 Å². The Bertz CT molecular complexity index is 965. The monoisotopic (exact) mass is 810 g/mol. The van der Waals surface area contributed by atoms with Crippen molar-refractivity contribution in [1.82, 2.24) is 5.32 Å². The highest BCUT2D eigenvalue weighted by atomic mass is 16.3. The van der Waals surface area contributed by atoms with Crippen molar-refractivity contribution in [1.29, 1.82) is 0 Å². The maximum Gasteiger partial charge on any atom is 0.220 e. The highest BCUT2D eigenvalue weighted by Gasteiger charge is 2.17. The Kier molecular flexibility index (Phi) is 47.8. The molecule has 1 amide bonds. The lowest BCUT2D eigenvalue weighted by Gasteiger charge is -2.19. The fourth-order valence-corrected chi connectivity index (χ4v) is 7.54. The molecular weight excluding hydrogens is 711 g/mol. The highest BCUT2D eigenvalue weighted by molar-refractivity contribution is 5.76. The second-order valence-electron chi connectivity index (χ2n) is 17.2. The smallest absolute Gasteiger partial charge is 0.220 e. The lowest BCUT2D eigenvalue weighted by molar-refractivity contribution is -0.123. The van der Waals surface area contributed by atoms with Crippen molar-refractivity contribution in [2.45, 2.75) is 270 Å². The second-order valence-corrected chi connectivity index (χ2v) is 17.2. The molecule has 338 valence electrons. The van der Waals surface area contributed by atoms with Gasteiger partial charge in [0.15, 0.2) is 0 Å². The van der Waals surface area contributed by atoms with Crippen LogP contribution in [0.4, 0.5) is 0 Å². The van der Waals surface area contributed by atoms with Gasteiger partial charge in [0, 0.05) is 6.42 Å². The first-order chi connectivity index (χ1) is 28.7. The van der Waals surface area contributed by atoms with Gasteiger partial charge in [-0.05, 0) is 77.0 Å². The average molecular weight is 810 g/mol.